The van der Waals surface area contributed by atoms with E-state index in [1.54, 1.807) is 0 Å². The number of hydrogen-bond acceptors (Lipinski definition) is 2. The van der Waals surface area contributed by atoms with E-state index in [2.05, 4.69) is 39.3 Å². The molecule has 0 spiro atoms. The summed E-state index contributed by atoms with van der Waals surface area (Å²) >= 11 is 8.41. The summed E-state index contributed by atoms with van der Waals surface area (Å²) in [6, 6.07) is 7.46. The summed E-state index contributed by atoms with van der Waals surface area (Å²) in [5.74, 6) is 0.779. The summed E-state index contributed by atoms with van der Waals surface area (Å²) in [5.41, 5.74) is 1.24. The zero-order chi connectivity index (χ0) is 13.9. The van der Waals surface area contributed by atoms with Gasteiger partial charge in [0.25, 0.3) is 0 Å². The third kappa shape index (κ3) is 3.42. The van der Waals surface area contributed by atoms with E-state index in [1.165, 1.54) is 54.3 Å². The fourth-order valence-electron chi connectivity index (χ4n) is 3.70. The Hall–Kier alpha value is -0.000000000000000111. The maximum absolute atomic E-state index is 6.04. The highest BCUT2D eigenvalue weighted by Gasteiger charge is 2.34. The lowest BCUT2D eigenvalue weighted by Crippen LogP contribution is -2.44. The molecule has 3 unspecified atom stereocenters. The van der Waals surface area contributed by atoms with E-state index in [4.69, 9.17) is 11.6 Å². The van der Waals surface area contributed by atoms with Crippen LogP contribution in [0.15, 0.2) is 18.2 Å². The average molecular weight is 405 g/mol. The number of piperidine rings is 1. The van der Waals surface area contributed by atoms with Crippen molar-refractivity contribution in [1.82, 2.24) is 5.32 Å². The third-order valence-corrected chi connectivity index (χ3v) is 5.83. The maximum Gasteiger partial charge on any atom is 0.0479 e. The van der Waals surface area contributed by atoms with Crippen molar-refractivity contribution < 1.29 is 0 Å². The Balaban J connectivity index is 1.68. The highest BCUT2D eigenvalue weighted by Crippen LogP contribution is 2.35. The molecule has 1 aliphatic carbocycles. The van der Waals surface area contributed by atoms with Crippen molar-refractivity contribution in [3.8, 4) is 0 Å². The first-order chi connectivity index (χ1) is 9.74. The molecule has 1 saturated carbocycles. The highest BCUT2D eigenvalue weighted by molar-refractivity contribution is 14.1. The molecular formula is C16H22ClIN2. The molecule has 0 bridgehead atoms. The molecule has 0 aromatic heterocycles. The average Bonchev–Trinajstić information content (AvgIpc) is 2.91. The second-order valence-corrected chi connectivity index (χ2v) is 7.62. The minimum absolute atomic E-state index is 0.611. The molecule has 3 rings (SSSR count). The van der Waals surface area contributed by atoms with Gasteiger partial charge in [-0.1, -0.05) is 24.4 Å². The predicted octanol–water partition coefficient (Wildman–Crippen LogP) is 4.67. The molecule has 110 valence electrons. The van der Waals surface area contributed by atoms with Gasteiger partial charge in [-0.05, 0) is 78.9 Å². The standard InChI is InChI=1S/C16H22ClIN2/c17-11-7-8-16(13(18)10-11)20-15-6-3-4-12(15)14-5-1-2-9-19-14/h7-8,10,12,14-15,19-20H,1-6,9H2. The van der Waals surface area contributed by atoms with Crippen LogP contribution in [0.25, 0.3) is 0 Å². The van der Waals surface area contributed by atoms with E-state index in [0.717, 1.165) is 10.9 Å². The van der Waals surface area contributed by atoms with Crippen LogP contribution in [0.3, 0.4) is 0 Å². The van der Waals surface area contributed by atoms with Gasteiger partial charge in [0.15, 0.2) is 0 Å². The number of rotatable bonds is 3. The highest BCUT2D eigenvalue weighted by atomic mass is 127. The molecule has 2 aliphatic rings. The lowest BCUT2D eigenvalue weighted by atomic mass is 9.88. The third-order valence-electron chi connectivity index (χ3n) is 4.71. The van der Waals surface area contributed by atoms with E-state index < -0.39 is 0 Å². The molecule has 1 aromatic rings. The zero-order valence-electron chi connectivity index (χ0n) is 11.7. The summed E-state index contributed by atoms with van der Waals surface area (Å²) in [6.07, 6.45) is 8.09. The summed E-state index contributed by atoms with van der Waals surface area (Å²) in [4.78, 5) is 0. The zero-order valence-corrected chi connectivity index (χ0v) is 14.6. The number of anilines is 1. The monoisotopic (exact) mass is 404 g/mol. The van der Waals surface area contributed by atoms with Gasteiger partial charge in [0.05, 0.1) is 0 Å². The van der Waals surface area contributed by atoms with Gasteiger partial charge in [-0.2, -0.15) is 0 Å². The fraction of sp³-hybridized carbons (Fsp3) is 0.625. The van der Waals surface area contributed by atoms with Crippen LogP contribution in [-0.2, 0) is 0 Å². The first-order valence-corrected chi connectivity index (χ1v) is 9.15. The lowest BCUT2D eigenvalue weighted by molar-refractivity contribution is 0.286. The van der Waals surface area contributed by atoms with E-state index in [0.29, 0.717) is 12.1 Å². The van der Waals surface area contributed by atoms with Crippen LogP contribution in [0.4, 0.5) is 5.69 Å². The molecule has 2 N–H and O–H groups in total. The van der Waals surface area contributed by atoms with E-state index in [1.807, 2.05) is 12.1 Å². The van der Waals surface area contributed by atoms with Crippen LogP contribution in [0.1, 0.15) is 38.5 Å². The molecule has 0 amide bonds. The van der Waals surface area contributed by atoms with Gasteiger partial charge in [-0.25, -0.2) is 0 Å². The molecule has 2 nitrogen and oxygen atoms in total. The molecule has 1 heterocycles. The van der Waals surface area contributed by atoms with Crippen molar-refractivity contribution in [2.75, 3.05) is 11.9 Å². The maximum atomic E-state index is 6.04. The molecule has 0 radical (unpaired) electrons. The lowest BCUT2D eigenvalue weighted by Gasteiger charge is -2.33. The van der Waals surface area contributed by atoms with Crippen molar-refractivity contribution in [1.29, 1.82) is 0 Å². The quantitative estimate of drug-likeness (QED) is 0.716. The fourth-order valence-corrected chi connectivity index (χ4v) is 4.73. The first-order valence-electron chi connectivity index (χ1n) is 7.69. The molecule has 20 heavy (non-hydrogen) atoms. The molecule has 1 saturated heterocycles. The largest absolute Gasteiger partial charge is 0.381 e. The van der Waals surface area contributed by atoms with Gasteiger partial charge >= 0.3 is 0 Å². The number of halogens is 2. The molecule has 3 atom stereocenters. The number of nitrogens with one attached hydrogen (secondary N) is 2. The van der Waals surface area contributed by atoms with Crippen LogP contribution in [0, 0.1) is 9.49 Å². The van der Waals surface area contributed by atoms with E-state index in [9.17, 15) is 0 Å². The van der Waals surface area contributed by atoms with Gasteiger partial charge < -0.3 is 10.6 Å². The Morgan fingerprint density at radius 3 is 2.80 bits per heavy atom. The van der Waals surface area contributed by atoms with Crippen LogP contribution in [0.5, 0.6) is 0 Å². The van der Waals surface area contributed by atoms with Crippen LogP contribution >= 0.6 is 34.2 Å². The van der Waals surface area contributed by atoms with Gasteiger partial charge in [0, 0.05) is 26.4 Å². The Morgan fingerprint density at radius 1 is 1.15 bits per heavy atom. The molecule has 2 fully saturated rings. The van der Waals surface area contributed by atoms with Crippen molar-refractivity contribution in [3.63, 3.8) is 0 Å². The first kappa shape index (κ1) is 14.9. The minimum atomic E-state index is 0.611. The number of hydrogen-bond donors (Lipinski definition) is 2. The van der Waals surface area contributed by atoms with Crippen molar-refractivity contribution in [2.45, 2.75) is 50.6 Å². The summed E-state index contributed by atoms with van der Waals surface area (Å²) in [5, 5.41) is 8.33. The Kier molecular flexibility index (Phi) is 5.10. The summed E-state index contributed by atoms with van der Waals surface area (Å²) in [7, 11) is 0. The SMILES string of the molecule is Clc1ccc(NC2CCCC2C2CCCCN2)c(I)c1. The van der Waals surface area contributed by atoms with Gasteiger partial charge in [0.2, 0.25) is 0 Å². The van der Waals surface area contributed by atoms with Crippen molar-refractivity contribution in [3.05, 3.63) is 26.8 Å². The van der Waals surface area contributed by atoms with E-state index in [-0.39, 0.29) is 0 Å². The van der Waals surface area contributed by atoms with Crippen LogP contribution in [-0.4, -0.2) is 18.6 Å². The molecular weight excluding hydrogens is 383 g/mol. The Bertz CT molecular complexity index is 460. The second-order valence-electron chi connectivity index (χ2n) is 6.03. The van der Waals surface area contributed by atoms with E-state index >= 15 is 0 Å². The molecule has 1 aromatic carbocycles. The van der Waals surface area contributed by atoms with Crippen molar-refractivity contribution in [2.24, 2.45) is 5.92 Å². The minimum Gasteiger partial charge on any atom is -0.381 e. The number of benzene rings is 1. The Morgan fingerprint density at radius 2 is 2.05 bits per heavy atom. The molecule has 1 aliphatic heterocycles. The molecule has 4 heteroatoms. The summed E-state index contributed by atoms with van der Waals surface area (Å²) in [6.45, 7) is 1.20. The van der Waals surface area contributed by atoms with Gasteiger partial charge in [-0.3, -0.25) is 0 Å². The second kappa shape index (κ2) is 6.84. The normalized spacial score (nSPS) is 30.4. The smallest absolute Gasteiger partial charge is 0.0479 e. The van der Waals surface area contributed by atoms with Gasteiger partial charge in [0.1, 0.15) is 0 Å². The predicted molar refractivity (Wildman–Crippen MR) is 94.6 cm³/mol. The van der Waals surface area contributed by atoms with Crippen molar-refractivity contribution >= 4 is 39.9 Å². The van der Waals surface area contributed by atoms with Crippen LogP contribution < -0.4 is 10.6 Å². The Labute approximate surface area is 140 Å². The summed E-state index contributed by atoms with van der Waals surface area (Å²) < 4.78 is 1.22. The van der Waals surface area contributed by atoms with Crippen LogP contribution in [0.2, 0.25) is 5.02 Å². The topological polar surface area (TPSA) is 24.1 Å². The van der Waals surface area contributed by atoms with Gasteiger partial charge in [-0.15, -0.1) is 0 Å².